The number of nitrogens with zero attached hydrogens (tertiary/aromatic N) is 2. The van der Waals surface area contributed by atoms with Crippen LogP contribution in [0.5, 0.6) is 0 Å². The van der Waals surface area contributed by atoms with E-state index >= 15 is 0 Å². The maximum Gasteiger partial charge on any atom is 0.271 e. The molecule has 0 bridgehead atoms. The molecule has 0 heterocycles. The van der Waals surface area contributed by atoms with Crippen molar-refractivity contribution in [1.82, 2.24) is 5.43 Å². The van der Waals surface area contributed by atoms with Crippen LogP contribution < -0.4 is 10.7 Å². The quantitative estimate of drug-likeness (QED) is 0.357. The Morgan fingerprint density at radius 1 is 0.967 bits per heavy atom. The van der Waals surface area contributed by atoms with Crippen LogP contribution in [0.25, 0.3) is 0 Å². The monoisotopic (exact) mass is 402 g/mol. The van der Waals surface area contributed by atoms with E-state index in [1.54, 1.807) is 30.3 Å². The van der Waals surface area contributed by atoms with Gasteiger partial charge in [0.2, 0.25) is 5.91 Å². The van der Waals surface area contributed by atoms with Gasteiger partial charge in [0.15, 0.2) is 0 Å². The first-order valence-corrected chi connectivity index (χ1v) is 9.03. The summed E-state index contributed by atoms with van der Waals surface area (Å²) >= 11 is 0. The van der Waals surface area contributed by atoms with E-state index in [0.29, 0.717) is 16.8 Å². The van der Waals surface area contributed by atoms with Crippen molar-refractivity contribution < 1.29 is 14.5 Å². The molecule has 3 aromatic rings. The minimum Gasteiger partial charge on any atom is -0.326 e. The zero-order valence-electron chi connectivity index (χ0n) is 15.8. The lowest BCUT2D eigenvalue weighted by molar-refractivity contribution is -0.384. The van der Waals surface area contributed by atoms with Gasteiger partial charge in [0.1, 0.15) is 0 Å². The van der Waals surface area contributed by atoms with Gasteiger partial charge in [-0.05, 0) is 29.8 Å². The number of benzene rings is 3. The molecule has 8 heteroatoms. The lowest BCUT2D eigenvalue weighted by Crippen LogP contribution is -2.18. The zero-order valence-corrected chi connectivity index (χ0v) is 15.8. The Balaban J connectivity index is 1.54. The molecule has 2 amide bonds. The third kappa shape index (κ3) is 5.83. The minimum atomic E-state index is -0.504. The third-order valence-electron chi connectivity index (χ3n) is 4.10. The summed E-state index contributed by atoms with van der Waals surface area (Å²) in [5.41, 5.74) is 4.63. The summed E-state index contributed by atoms with van der Waals surface area (Å²) in [6.45, 7) is 0. The maximum absolute atomic E-state index is 12.2. The van der Waals surface area contributed by atoms with Gasteiger partial charge in [0.05, 0.1) is 17.6 Å². The highest BCUT2D eigenvalue weighted by Gasteiger charge is 2.07. The zero-order chi connectivity index (χ0) is 21.3. The SMILES string of the molecule is O=C(Cc1ccccc1)Nc1ccc(C(=O)N/N=C\c2cccc([N+](=O)[O-])c2)cc1. The molecular weight excluding hydrogens is 384 g/mol. The Kier molecular flexibility index (Phi) is 6.63. The lowest BCUT2D eigenvalue weighted by atomic mass is 10.1. The number of non-ortho nitro benzene ring substituents is 1. The Hall–Kier alpha value is -4.33. The Bertz CT molecular complexity index is 1080. The number of nitro groups is 1. The van der Waals surface area contributed by atoms with Gasteiger partial charge in [-0.3, -0.25) is 19.7 Å². The number of rotatable bonds is 7. The molecule has 0 atom stereocenters. The summed E-state index contributed by atoms with van der Waals surface area (Å²) < 4.78 is 0. The fourth-order valence-corrected chi connectivity index (χ4v) is 2.64. The molecule has 3 rings (SSSR count). The van der Waals surface area contributed by atoms with Gasteiger partial charge in [0, 0.05) is 28.9 Å². The van der Waals surface area contributed by atoms with Crippen LogP contribution in [0.3, 0.4) is 0 Å². The summed E-state index contributed by atoms with van der Waals surface area (Å²) in [5, 5.41) is 17.4. The number of amides is 2. The van der Waals surface area contributed by atoms with Gasteiger partial charge < -0.3 is 5.32 Å². The standard InChI is InChI=1S/C22H18N4O4/c27-21(14-16-5-2-1-3-6-16)24-19-11-9-18(10-12-19)22(28)25-23-15-17-7-4-8-20(13-17)26(29)30/h1-13,15H,14H2,(H,24,27)(H,25,28)/b23-15-. The first-order valence-electron chi connectivity index (χ1n) is 9.03. The third-order valence-corrected chi connectivity index (χ3v) is 4.10. The summed E-state index contributed by atoms with van der Waals surface area (Å²) in [5.74, 6) is -0.598. The molecule has 0 saturated carbocycles. The van der Waals surface area contributed by atoms with Crippen LogP contribution in [0.2, 0.25) is 0 Å². The summed E-state index contributed by atoms with van der Waals surface area (Å²) in [6.07, 6.45) is 1.58. The summed E-state index contributed by atoms with van der Waals surface area (Å²) in [7, 11) is 0. The van der Waals surface area contributed by atoms with E-state index in [1.165, 1.54) is 24.4 Å². The van der Waals surface area contributed by atoms with E-state index in [2.05, 4.69) is 15.8 Å². The van der Waals surface area contributed by atoms with Crippen molar-refractivity contribution in [3.8, 4) is 0 Å². The molecule has 0 spiro atoms. The number of carbonyl (C=O) groups excluding carboxylic acids is 2. The molecule has 0 aliphatic carbocycles. The van der Waals surface area contributed by atoms with Crippen molar-refractivity contribution in [2.24, 2.45) is 5.10 Å². The average molecular weight is 402 g/mol. The molecule has 0 unspecified atom stereocenters. The van der Waals surface area contributed by atoms with E-state index in [1.807, 2.05) is 30.3 Å². The van der Waals surface area contributed by atoms with Crippen LogP contribution in [-0.4, -0.2) is 23.0 Å². The number of anilines is 1. The van der Waals surface area contributed by atoms with E-state index in [-0.39, 0.29) is 18.0 Å². The van der Waals surface area contributed by atoms with Crippen molar-refractivity contribution >= 4 is 29.4 Å². The maximum atomic E-state index is 12.2. The predicted octanol–water partition coefficient (Wildman–Crippen LogP) is 3.54. The number of hydrogen-bond donors (Lipinski definition) is 2. The van der Waals surface area contributed by atoms with Crippen LogP contribution in [0.1, 0.15) is 21.5 Å². The van der Waals surface area contributed by atoms with Crippen LogP contribution in [0, 0.1) is 10.1 Å². The molecular formula is C22H18N4O4. The molecule has 0 aliphatic rings. The number of nitrogens with one attached hydrogen (secondary N) is 2. The first kappa shape index (κ1) is 20.4. The fourth-order valence-electron chi connectivity index (χ4n) is 2.64. The summed E-state index contributed by atoms with van der Waals surface area (Å²) in [6, 6.07) is 21.7. The molecule has 30 heavy (non-hydrogen) atoms. The molecule has 2 N–H and O–H groups in total. The second-order valence-corrected chi connectivity index (χ2v) is 6.34. The molecule has 0 fully saturated rings. The Labute approximate surface area is 172 Å². The van der Waals surface area contributed by atoms with Crippen molar-refractivity contribution in [3.63, 3.8) is 0 Å². The van der Waals surface area contributed by atoms with Crippen LogP contribution >= 0.6 is 0 Å². The number of hydrazone groups is 1. The second kappa shape index (κ2) is 9.74. The van der Waals surface area contributed by atoms with Crippen LogP contribution in [-0.2, 0) is 11.2 Å². The van der Waals surface area contributed by atoms with Gasteiger partial charge in [-0.1, -0.05) is 42.5 Å². The highest BCUT2D eigenvalue weighted by molar-refractivity contribution is 5.96. The lowest BCUT2D eigenvalue weighted by Gasteiger charge is -2.06. The highest BCUT2D eigenvalue weighted by Crippen LogP contribution is 2.12. The minimum absolute atomic E-state index is 0.0600. The molecule has 0 radical (unpaired) electrons. The Morgan fingerprint density at radius 3 is 2.40 bits per heavy atom. The van der Waals surface area contributed by atoms with Crippen LogP contribution in [0.4, 0.5) is 11.4 Å². The normalized spacial score (nSPS) is 10.5. The fraction of sp³-hybridized carbons (Fsp3) is 0.0455. The van der Waals surface area contributed by atoms with E-state index < -0.39 is 10.8 Å². The van der Waals surface area contributed by atoms with Gasteiger partial charge in [-0.2, -0.15) is 5.10 Å². The largest absolute Gasteiger partial charge is 0.326 e. The van der Waals surface area contributed by atoms with Crippen molar-refractivity contribution in [2.45, 2.75) is 6.42 Å². The van der Waals surface area contributed by atoms with Crippen LogP contribution in [0.15, 0.2) is 84.0 Å². The predicted molar refractivity (Wildman–Crippen MR) is 113 cm³/mol. The molecule has 150 valence electrons. The smallest absolute Gasteiger partial charge is 0.271 e. The topological polar surface area (TPSA) is 114 Å². The highest BCUT2D eigenvalue weighted by atomic mass is 16.6. The molecule has 0 saturated heterocycles. The van der Waals surface area contributed by atoms with Gasteiger partial charge >= 0.3 is 0 Å². The Morgan fingerprint density at radius 2 is 1.70 bits per heavy atom. The number of nitro benzene ring substituents is 1. The average Bonchev–Trinajstić information content (AvgIpc) is 2.75. The molecule has 0 aliphatic heterocycles. The first-order chi connectivity index (χ1) is 14.5. The van der Waals surface area contributed by atoms with Crippen molar-refractivity contribution in [3.05, 3.63) is 106 Å². The van der Waals surface area contributed by atoms with Gasteiger partial charge in [0.25, 0.3) is 11.6 Å². The van der Waals surface area contributed by atoms with Crippen molar-refractivity contribution in [1.29, 1.82) is 0 Å². The summed E-state index contributed by atoms with van der Waals surface area (Å²) in [4.78, 5) is 34.5. The van der Waals surface area contributed by atoms with Gasteiger partial charge in [-0.15, -0.1) is 0 Å². The number of carbonyl (C=O) groups is 2. The van der Waals surface area contributed by atoms with E-state index in [0.717, 1.165) is 5.56 Å². The van der Waals surface area contributed by atoms with Crippen molar-refractivity contribution in [2.75, 3.05) is 5.32 Å². The molecule has 8 nitrogen and oxygen atoms in total. The second-order valence-electron chi connectivity index (χ2n) is 6.34. The molecule has 3 aromatic carbocycles. The van der Waals surface area contributed by atoms with E-state index in [4.69, 9.17) is 0 Å². The molecule has 0 aromatic heterocycles. The van der Waals surface area contributed by atoms with Gasteiger partial charge in [-0.25, -0.2) is 5.43 Å². The van der Waals surface area contributed by atoms with E-state index in [9.17, 15) is 19.7 Å². The number of hydrogen-bond acceptors (Lipinski definition) is 5.